The predicted octanol–water partition coefficient (Wildman–Crippen LogP) is 3.75. The van der Waals surface area contributed by atoms with Gasteiger partial charge in [0.2, 0.25) is 0 Å². The van der Waals surface area contributed by atoms with E-state index in [4.69, 9.17) is 0 Å². The van der Waals surface area contributed by atoms with E-state index in [-0.39, 0.29) is 6.10 Å². The van der Waals surface area contributed by atoms with Crippen LogP contribution < -0.4 is 0 Å². The summed E-state index contributed by atoms with van der Waals surface area (Å²) in [5.74, 6) is 1.76. The lowest BCUT2D eigenvalue weighted by molar-refractivity contribution is 0.110. The van der Waals surface area contributed by atoms with Crippen LogP contribution in [-0.2, 0) is 0 Å². The molecule has 3 unspecified atom stereocenters. The van der Waals surface area contributed by atoms with Gasteiger partial charge in [-0.05, 0) is 31.1 Å². The van der Waals surface area contributed by atoms with E-state index in [0.29, 0.717) is 0 Å². The zero-order valence-corrected chi connectivity index (χ0v) is 9.84. The van der Waals surface area contributed by atoms with Crippen molar-refractivity contribution >= 4 is 0 Å². The lowest BCUT2D eigenvalue weighted by Gasteiger charge is -2.29. The molecule has 1 heteroatoms. The number of hydrogen-bond donors (Lipinski definition) is 1. The van der Waals surface area contributed by atoms with Crippen LogP contribution in [0.1, 0.15) is 65.2 Å². The Hall–Kier alpha value is -0.0400. The van der Waals surface area contributed by atoms with Gasteiger partial charge in [-0.3, -0.25) is 0 Å². The van der Waals surface area contributed by atoms with Crippen molar-refractivity contribution in [1.82, 2.24) is 0 Å². The average Bonchev–Trinajstić information content (AvgIpc) is 2.18. The molecular formula is C13H26O. The number of hydrogen-bond acceptors (Lipinski definition) is 1. The molecule has 1 fully saturated rings. The lowest BCUT2D eigenvalue weighted by Crippen LogP contribution is -2.20. The van der Waals surface area contributed by atoms with Crippen LogP contribution in [0.15, 0.2) is 0 Å². The van der Waals surface area contributed by atoms with Crippen molar-refractivity contribution < 1.29 is 5.11 Å². The molecule has 0 saturated heterocycles. The van der Waals surface area contributed by atoms with Gasteiger partial charge in [-0.25, -0.2) is 0 Å². The zero-order chi connectivity index (χ0) is 10.4. The Morgan fingerprint density at radius 2 is 1.93 bits per heavy atom. The second-order valence-corrected chi connectivity index (χ2v) is 4.99. The fourth-order valence-electron chi connectivity index (χ4n) is 2.82. The highest BCUT2D eigenvalue weighted by Crippen LogP contribution is 2.33. The van der Waals surface area contributed by atoms with Gasteiger partial charge in [0.05, 0.1) is 6.10 Å². The lowest BCUT2D eigenvalue weighted by atomic mass is 9.77. The highest BCUT2D eigenvalue weighted by atomic mass is 16.3. The van der Waals surface area contributed by atoms with E-state index in [9.17, 15) is 5.11 Å². The van der Waals surface area contributed by atoms with E-state index in [1.165, 1.54) is 32.1 Å². The summed E-state index contributed by atoms with van der Waals surface area (Å²) in [5.41, 5.74) is 0. The van der Waals surface area contributed by atoms with Crippen LogP contribution in [0, 0.1) is 11.8 Å². The molecule has 3 atom stereocenters. The second-order valence-electron chi connectivity index (χ2n) is 4.99. The molecule has 0 heterocycles. The summed E-state index contributed by atoms with van der Waals surface area (Å²) in [4.78, 5) is 0. The van der Waals surface area contributed by atoms with Gasteiger partial charge in [0, 0.05) is 0 Å². The molecule has 0 aromatic rings. The highest BCUT2D eigenvalue weighted by molar-refractivity contribution is 4.74. The molecule has 0 radical (unpaired) electrons. The van der Waals surface area contributed by atoms with Crippen LogP contribution in [0.4, 0.5) is 0 Å². The first kappa shape index (κ1) is 12.0. The van der Waals surface area contributed by atoms with Crippen molar-refractivity contribution in [2.24, 2.45) is 11.8 Å². The summed E-state index contributed by atoms with van der Waals surface area (Å²) in [6, 6.07) is 0. The Kier molecular flexibility index (Phi) is 5.54. The number of rotatable bonds is 5. The Morgan fingerprint density at radius 3 is 2.57 bits per heavy atom. The van der Waals surface area contributed by atoms with E-state index in [1.807, 2.05) is 0 Å². The molecule has 0 aliphatic heterocycles. The fourth-order valence-corrected chi connectivity index (χ4v) is 2.82. The third-order valence-corrected chi connectivity index (χ3v) is 3.70. The van der Waals surface area contributed by atoms with Crippen LogP contribution in [0.5, 0.6) is 0 Å². The standard InChI is InChI=1S/C13H26O/c1-3-6-13(14)10-12-8-5-7-11(4-2)9-12/h11-14H,3-10H2,1-2H3. The van der Waals surface area contributed by atoms with Crippen molar-refractivity contribution in [2.75, 3.05) is 0 Å². The molecule has 1 aliphatic rings. The van der Waals surface area contributed by atoms with Gasteiger partial charge in [0.25, 0.3) is 0 Å². The predicted molar refractivity (Wildman–Crippen MR) is 61.3 cm³/mol. The quantitative estimate of drug-likeness (QED) is 0.713. The zero-order valence-electron chi connectivity index (χ0n) is 9.84. The minimum absolute atomic E-state index is 0.0272. The molecule has 1 aliphatic carbocycles. The topological polar surface area (TPSA) is 20.2 Å². The maximum absolute atomic E-state index is 9.76. The maximum atomic E-state index is 9.76. The molecule has 1 N–H and O–H groups in total. The Bertz CT molecular complexity index is 144. The minimum atomic E-state index is -0.0272. The average molecular weight is 198 g/mol. The van der Waals surface area contributed by atoms with Gasteiger partial charge in [0.1, 0.15) is 0 Å². The summed E-state index contributed by atoms with van der Waals surface area (Å²) in [7, 11) is 0. The van der Waals surface area contributed by atoms with Crippen molar-refractivity contribution in [1.29, 1.82) is 0 Å². The molecule has 0 aromatic heterocycles. The second kappa shape index (κ2) is 6.44. The highest BCUT2D eigenvalue weighted by Gasteiger charge is 2.22. The number of aliphatic hydroxyl groups excluding tert-OH is 1. The molecule has 0 spiro atoms. The van der Waals surface area contributed by atoms with Gasteiger partial charge in [0.15, 0.2) is 0 Å². The van der Waals surface area contributed by atoms with Crippen molar-refractivity contribution in [3.05, 3.63) is 0 Å². The largest absolute Gasteiger partial charge is 0.393 e. The summed E-state index contributed by atoms with van der Waals surface area (Å²) >= 11 is 0. The van der Waals surface area contributed by atoms with E-state index < -0.39 is 0 Å². The summed E-state index contributed by atoms with van der Waals surface area (Å²) < 4.78 is 0. The third-order valence-electron chi connectivity index (χ3n) is 3.70. The summed E-state index contributed by atoms with van der Waals surface area (Å²) in [6.45, 7) is 4.45. The fraction of sp³-hybridized carbons (Fsp3) is 1.00. The van der Waals surface area contributed by atoms with Crippen molar-refractivity contribution in [3.8, 4) is 0 Å². The third kappa shape index (κ3) is 4.00. The molecule has 1 nitrogen and oxygen atoms in total. The molecule has 84 valence electrons. The number of aliphatic hydroxyl groups is 1. The van der Waals surface area contributed by atoms with Gasteiger partial charge in [-0.2, -0.15) is 0 Å². The van der Waals surface area contributed by atoms with Gasteiger partial charge >= 0.3 is 0 Å². The molecular weight excluding hydrogens is 172 g/mol. The molecule has 0 amide bonds. The minimum Gasteiger partial charge on any atom is -0.393 e. The smallest absolute Gasteiger partial charge is 0.0542 e. The first-order chi connectivity index (χ1) is 6.76. The van der Waals surface area contributed by atoms with Gasteiger partial charge in [-0.1, -0.05) is 46.0 Å². The molecule has 0 bridgehead atoms. The summed E-state index contributed by atoms with van der Waals surface area (Å²) in [6.07, 6.45) is 10.0. The first-order valence-corrected chi connectivity index (χ1v) is 6.44. The monoisotopic (exact) mass is 198 g/mol. The van der Waals surface area contributed by atoms with Crippen LogP contribution in [0.3, 0.4) is 0 Å². The van der Waals surface area contributed by atoms with Crippen LogP contribution >= 0.6 is 0 Å². The SMILES string of the molecule is CCCC(O)CC1CCCC(CC)C1. The first-order valence-electron chi connectivity index (χ1n) is 6.44. The van der Waals surface area contributed by atoms with Crippen LogP contribution in [-0.4, -0.2) is 11.2 Å². The molecule has 0 aromatic carbocycles. The van der Waals surface area contributed by atoms with Gasteiger partial charge in [-0.15, -0.1) is 0 Å². The molecule has 1 saturated carbocycles. The van der Waals surface area contributed by atoms with Gasteiger partial charge < -0.3 is 5.11 Å². The van der Waals surface area contributed by atoms with E-state index in [1.54, 1.807) is 0 Å². The Morgan fingerprint density at radius 1 is 1.21 bits per heavy atom. The Labute approximate surface area is 88.9 Å². The van der Waals surface area contributed by atoms with E-state index in [0.717, 1.165) is 31.1 Å². The van der Waals surface area contributed by atoms with Crippen molar-refractivity contribution in [3.63, 3.8) is 0 Å². The summed E-state index contributed by atoms with van der Waals surface area (Å²) in [5, 5.41) is 9.76. The normalized spacial score (nSPS) is 30.2. The van der Waals surface area contributed by atoms with Crippen LogP contribution in [0.25, 0.3) is 0 Å². The van der Waals surface area contributed by atoms with E-state index in [2.05, 4.69) is 13.8 Å². The van der Waals surface area contributed by atoms with Crippen molar-refractivity contribution in [2.45, 2.75) is 71.3 Å². The Balaban J connectivity index is 2.22. The maximum Gasteiger partial charge on any atom is 0.0542 e. The van der Waals surface area contributed by atoms with Crippen LogP contribution in [0.2, 0.25) is 0 Å². The molecule has 1 rings (SSSR count). The molecule has 14 heavy (non-hydrogen) atoms. The van der Waals surface area contributed by atoms with E-state index >= 15 is 0 Å².